The fourth-order valence-corrected chi connectivity index (χ4v) is 11.3. The van der Waals surface area contributed by atoms with Gasteiger partial charge in [-0.05, 0) is 129 Å². The molecule has 1 aliphatic rings. The summed E-state index contributed by atoms with van der Waals surface area (Å²) in [5.74, 6) is 0.752. The first-order valence-electron chi connectivity index (χ1n) is 24.1. The highest BCUT2D eigenvalue weighted by Gasteiger charge is 2.35. The lowest BCUT2D eigenvalue weighted by atomic mass is 9.68. The van der Waals surface area contributed by atoms with Crippen LogP contribution in [-0.4, -0.2) is 0 Å². The second kappa shape index (κ2) is 16.1. The van der Waals surface area contributed by atoms with Gasteiger partial charge in [-0.25, -0.2) is 0 Å². The molecule has 2 aromatic heterocycles. The number of para-hydroxylation sites is 5. The molecular weight excluding hydrogens is 853 g/mol. The van der Waals surface area contributed by atoms with Crippen molar-refractivity contribution in [2.24, 2.45) is 0 Å². The van der Waals surface area contributed by atoms with Gasteiger partial charge in [0.25, 0.3) is 0 Å². The standard InChI is InChI=1S/C66H48N2O2/c1-5-20-49-52-28-19-33-60(65(52)69-61(49)6-2)68(58-31-15-13-25-47(58)42-21-9-7-10-22-42)45-36-35-43-39-55-48-38-37-46(41-57(48)66(3,4)56-30-17-27-51(63(55)56)54(43)40-45)67(44-23-11-8-12-24-44)59-32-18-29-53-50-26-14-16-34-62(50)70-64(53)59/h5-41H,2H2,1,3-4H3/b20-5-. The average Bonchev–Trinajstić information content (AvgIpc) is 3.98. The number of hydrogen-bond donors (Lipinski definition) is 0. The van der Waals surface area contributed by atoms with Gasteiger partial charge in [0.15, 0.2) is 11.2 Å². The van der Waals surface area contributed by atoms with Crippen LogP contribution in [0.15, 0.2) is 228 Å². The molecule has 0 aliphatic heterocycles. The molecule has 0 atom stereocenters. The molecule has 10 aromatic carbocycles. The van der Waals surface area contributed by atoms with Gasteiger partial charge in [0, 0.05) is 49.8 Å². The van der Waals surface area contributed by atoms with E-state index in [1.54, 1.807) is 0 Å². The summed E-state index contributed by atoms with van der Waals surface area (Å²) < 4.78 is 13.4. The van der Waals surface area contributed by atoms with Crippen molar-refractivity contribution in [2.75, 3.05) is 9.80 Å². The number of fused-ring (bicyclic) bond motifs is 8. The van der Waals surface area contributed by atoms with Gasteiger partial charge in [-0.15, -0.1) is 0 Å². The van der Waals surface area contributed by atoms with Crippen LogP contribution in [0.2, 0.25) is 0 Å². The van der Waals surface area contributed by atoms with Crippen molar-refractivity contribution in [1.29, 1.82) is 0 Å². The highest BCUT2D eigenvalue weighted by atomic mass is 16.3. The molecule has 12 aromatic rings. The van der Waals surface area contributed by atoms with Crippen LogP contribution < -0.4 is 9.80 Å². The fraction of sp³-hybridized carbons (Fsp3) is 0.0606. The second-order valence-corrected chi connectivity index (χ2v) is 18.8. The zero-order valence-corrected chi connectivity index (χ0v) is 39.3. The Bertz CT molecular complexity index is 4080. The van der Waals surface area contributed by atoms with E-state index in [-0.39, 0.29) is 5.41 Å². The predicted octanol–water partition coefficient (Wildman–Crippen LogP) is 19.2. The molecular formula is C66H48N2O2. The third kappa shape index (κ3) is 6.30. The molecule has 334 valence electrons. The average molecular weight is 901 g/mol. The minimum absolute atomic E-state index is 0.333. The molecule has 4 heteroatoms. The summed E-state index contributed by atoms with van der Waals surface area (Å²) in [6, 6.07) is 74.5. The zero-order valence-electron chi connectivity index (χ0n) is 39.3. The second-order valence-electron chi connectivity index (χ2n) is 18.8. The molecule has 0 saturated carbocycles. The van der Waals surface area contributed by atoms with E-state index in [1.807, 2.05) is 19.1 Å². The topological polar surface area (TPSA) is 32.8 Å². The number of hydrogen-bond acceptors (Lipinski definition) is 4. The number of benzene rings is 10. The molecule has 0 radical (unpaired) electrons. The van der Waals surface area contributed by atoms with Crippen molar-refractivity contribution in [2.45, 2.75) is 26.2 Å². The smallest absolute Gasteiger partial charge is 0.159 e. The fourth-order valence-electron chi connectivity index (χ4n) is 11.3. The van der Waals surface area contributed by atoms with E-state index in [9.17, 15) is 0 Å². The molecule has 13 rings (SSSR count). The quantitative estimate of drug-likeness (QED) is 0.135. The minimum Gasteiger partial charge on any atom is -0.454 e. The molecule has 0 N–H and O–H groups in total. The molecule has 0 bridgehead atoms. The Balaban J connectivity index is 1.01. The molecule has 0 fully saturated rings. The van der Waals surface area contributed by atoms with Gasteiger partial charge in [-0.1, -0.05) is 172 Å². The van der Waals surface area contributed by atoms with Crippen LogP contribution in [0.3, 0.4) is 0 Å². The maximum atomic E-state index is 6.76. The van der Waals surface area contributed by atoms with Crippen LogP contribution in [0, 0.1) is 0 Å². The Hall–Kier alpha value is -8.86. The number of nitrogens with zero attached hydrogens (tertiary/aromatic N) is 2. The van der Waals surface area contributed by atoms with Gasteiger partial charge < -0.3 is 18.6 Å². The maximum absolute atomic E-state index is 6.76. The Morgan fingerprint density at radius 3 is 1.91 bits per heavy atom. The summed E-state index contributed by atoms with van der Waals surface area (Å²) >= 11 is 0. The summed E-state index contributed by atoms with van der Waals surface area (Å²) in [5, 5.41) is 8.15. The van der Waals surface area contributed by atoms with E-state index in [1.165, 1.54) is 43.8 Å². The van der Waals surface area contributed by atoms with Crippen molar-refractivity contribution < 1.29 is 8.83 Å². The molecule has 0 amide bonds. The van der Waals surface area contributed by atoms with Crippen molar-refractivity contribution in [3.8, 4) is 22.3 Å². The number of furan rings is 2. The largest absolute Gasteiger partial charge is 0.454 e. The Morgan fingerprint density at radius 2 is 1.10 bits per heavy atom. The molecule has 70 heavy (non-hydrogen) atoms. The SMILES string of the molecule is C=Cc1oc2c(N(c3ccc4cc5c6c(cccc6c4c3)C(C)(C)c3cc(N(c4ccccc4)c4cccc6c4oc4ccccc46)ccc3-5)c3ccccc3-c3ccccc3)cccc2c1/C=C\C. The van der Waals surface area contributed by atoms with Crippen molar-refractivity contribution >= 4 is 101 Å². The van der Waals surface area contributed by atoms with Gasteiger partial charge >= 0.3 is 0 Å². The van der Waals surface area contributed by atoms with Crippen LogP contribution in [0.25, 0.3) is 88.9 Å². The van der Waals surface area contributed by atoms with E-state index in [4.69, 9.17) is 8.83 Å². The normalized spacial score (nSPS) is 12.9. The summed E-state index contributed by atoms with van der Waals surface area (Å²) in [4.78, 5) is 4.73. The van der Waals surface area contributed by atoms with Crippen LogP contribution in [0.1, 0.15) is 43.2 Å². The lowest BCUT2D eigenvalue weighted by molar-refractivity contribution is 0.604. The zero-order chi connectivity index (χ0) is 47.1. The number of anilines is 6. The van der Waals surface area contributed by atoms with Crippen LogP contribution in [0.4, 0.5) is 34.1 Å². The van der Waals surface area contributed by atoms with Crippen molar-refractivity contribution in [3.63, 3.8) is 0 Å². The highest BCUT2D eigenvalue weighted by Crippen LogP contribution is 2.54. The third-order valence-electron chi connectivity index (χ3n) is 14.5. The molecule has 2 heterocycles. The highest BCUT2D eigenvalue weighted by molar-refractivity contribution is 6.18. The van der Waals surface area contributed by atoms with E-state index in [2.05, 4.69) is 243 Å². The van der Waals surface area contributed by atoms with Crippen molar-refractivity contribution in [1.82, 2.24) is 0 Å². The molecule has 4 nitrogen and oxygen atoms in total. The molecule has 1 aliphatic carbocycles. The summed E-state index contributed by atoms with van der Waals surface area (Å²) in [6.07, 6.45) is 5.98. The van der Waals surface area contributed by atoms with E-state index >= 15 is 0 Å². The summed E-state index contributed by atoms with van der Waals surface area (Å²) in [6.45, 7) is 10.9. The first-order valence-corrected chi connectivity index (χ1v) is 24.1. The number of rotatable bonds is 9. The van der Waals surface area contributed by atoms with Crippen molar-refractivity contribution in [3.05, 3.63) is 241 Å². The van der Waals surface area contributed by atoms with Gasteiger partial charge in [0.1, 0.15) is 11.3 Å². The number of allylic oxidation sites excluding steroid dienone is 1. The van der Waals surface area contributed by atoms with Gasteiger partial charge in [-0.2, -0.15) is 0 Å². The maximum Gasteiger partial charge on any atom is 0.159 e. The predicted molar refractivity (Wildman–Crippen MR) is 296 cm³/mol. The van der Waals surface area contributed by atoms with E-state index in [0.29, 0.717) is 0 Å². The first-order chi connectivity index (χ1) is 34.4. The van der Waals surface area contributed by atoms with Crippen LogP contribution >= 0.6 is 0 Å². The third-order valence-corrected chi connectivity index (χ3v) is 14.5. The van der Waals surface area contributed by atoms with E-state index < -0.39 is 0 Å². The van der Waals surface area contributed by atoms with Crippen LogP contribution in [0.5, 0.6) is 0 Å². The van der Waals surface area contributed by atoms with Crippen LogP contribution in [-0.2, 0) is 5.41 Å². The Kier molecular flexibility index (Phi) is 9.53. The molecule has 0 spiro atoms. The lowest BCUT2D eigenvalue weighted by Crippen LogP contribution is -2.24. The first kappa shape index (κ1) is 41.3. The van der Waals surface area contributed by atoms with Gasteiger partial charge in [-0.3, -0.25) is 0 Å². The molecule has 0 unspecified atom stereocenters. The molecule has 0 saturated heterocycles. The summed E-state index contributed by atoms with van der Waals surface area (Å²) in [7, 11) is 0. The Morgan fingerprint density at radius 1 is 0.457 bits per heavy atom. The summed E-state index contributed by atoms with van der Waals surface area (Å²) in [5.41, 5.74) is 16.8. The lowest BCUT2D eigenvalue weighted by Gasteiger charge is -2.37. The van der Waals surface area contributed by atoms with E-state index in [0.717, 1.165) is 89.5 Å². The van der Waals surface area contributed by atoms with Gasteiger partial charge in [0.05, 0.1) is 17.1 Å². The Labute approximate surface area is 407 Å². The minimum atomic E-state index is -0.333. The monoisotopic (exact) mass is 900 g/mol. The van der Waals surface area contributed by atoms with Gasteiger partial charge in [0.2, 0.25) is 0 Å².